The van der Waals surface area contributed by atoms with Crippen LogP contribution in [-0.2, 0) is 0 Å². The van der Waals surface area contributed by atoms with Crippen LogP contribution in [0.1, 0.15) is 17.0 Å². The third-order valence-electron chi connectivity index (χ3n) is 4.76. The highest BCUT2D eigenvalue weighted by molar-refractivity contribution is 6.37. The van der Waals surface area contributed by atoms with Gasteiger partial charge in [0.15, 0.2) is 5.75 Å². The first kappa shape index (κ1) is 19.0. The summed E-state index contributed by atoms with van der Waals surface area (Å²) >= 11 is 12.8. The van der Waals surface area contributed by atoms with Gasteiger partial charge in [0.1, 0.15) is 24.0 Å². The number of benzene rings is 3. The molecule has 29 heavy (non-hydrogen) atoms. The van der Waals surface area contributed by atoms with Gasteiger partial charge in [-0.2, -0.15) is 5.26 Å². The maximum absolute atomic E-state index is 9.76. The molecular formula is C23H14Cl2N2O2. The molecule has 0 spiro atoms. The highest BCUT2D eigenvalue weighted by Gasteiger charge is 2.32. The number of hydrogen-bond donors (Lipinski definition) is 1. The Hall–Kier alpha value is -3.31. The van der Waals surface area contributed by atoms with Crippen molar-refractivity contribution in [3.05, 3.63) is 81.2 Å². The van der Waals surface area contributed by atoms with E-state index in [0.717, 1.165) is 16.3 Å². The van der Waals surface area contributed by atoms with Crippen LogP contribution in [-0.4, -0.2) is 6.61 Å². The summed E-state index contributed by atoms with van der Waals surface area (Å²) in [6, 6.07) is 17.3. The minimum atomic E-state index is -0.481. The van der Waals surface area contributed by atoms with Crippen LogP contribution in [0.25, 0.3) is 10.8 Å². The Morgan fingerprint density at radius 2 is 1.86 bits per heavy atom. The van der Waals surface area contributed by atoms with E-state index in [-0.39, 0.29) is 18.1 Å². The Morgan fingerprint density at radius 1 is 1.14 bits per heavy atom. The van der Waals surface area contributed by atoms with Crippen LogP contribution in [0.3, 0.4) is 0 Å². The molecule has 1 aliphatic rings. The number of allylic oxidation sites excluding steroid dienone is 1. The largest absolute Gasteiger partial charge is 0.478 e. The summed E-state index contributed by atoms with van der Waals surface area (Å²) < 4.78 is 11.3. The molecule has 2 N–H and O–H groups in total. The average molecular weight is 421 g/mol. The lowest BCUT2D eigenvalue weighted by Crippen LogP contribution is -2.21. The van der Waals surface area contributed by atoms with E-state index < -0.39 is 5.92 Å². The number of terminal acetylenes is 1. The molecule has 6 heteroatoms. The van der Waals surface area contributed by atoms with Gasteiger partial charge in [-0.15, -0.1) is 6.42 Å². The third kappa shape index (κ3) is 3.23. The fourth-order valence-corrected chi connectivity index (χ4v) is 4.14. The fraction of sp³-hybridized carbons (Fsp3) is 0.0870. The highest BCUT2D eigenvalue weighted by atomic mass is 35.5. The van der Waals surface area contributed by atoms with E-state index in [1.54, 1.807) is 12.1 Å². The number of hydrogen-bond acceptors (Lipinski definition) is 4. The van der Waals surface area contributed by atoms with Crippen molar-refractivity contribution in [2.45, 2.75) is 5.92 Å². The molecule has 1 unspecified atom stereocenters. The molecule has 0 amide bonds. The molecule has 0 radical (unpaired) electrons. The Balaban J connectivity index is 1.93. The first-order chi connectivity index (χ1) is 14.0. The first-order valence-electron chi connectivity index (χ1n) is 8.69. The Labute approximate surface area is 178 Å². The second-order valence-electron chi connectivity index (χ2n) is 6.44. The minimum Gasteiger partial charge on any atom is -0.478 e. The van der Waals surface area contributed by atoms with Gasteiger partial charge >= 0.3 is 0 Å². The number of halogens is 2. The summed E-state index contributed by atoms with van der Waals surface area (Å²) in [6.07, 6.45) is 5.24. The Kier molecular flexibility index (Phi) is 4.99. The van der Waals surface area contributed by atoms with E-state index in [9.17, 15) is 5.26 Å². The third-order valence-corrected chi connectivity index (χ3v) is 5.32. The summed E-state index contributed by atoms with van der Waals surface area (Å²) in [5.41, 5.74) is 7.91. The van der Waals surface area contributed by atoms with Crippen molar-refractivity contribution in [3.63, 3.8) is 0 Å². The second kappa shape index (κ2) is 7.60. The molecule has 0 saturated carbocycles. The predicted octanol–water partition coefficient (Wildman–Crippen LogP) is 5.38. The van der Waals surface area contributed by atoms with Gasteiger partial charge in [0.05, 0.1) is 16.0 Å². The topological polar surface area (TPSA) is 68.3 Å². The summed E-state index contributed by atoms with van der Waals surface area (Å²) in [6.45, 7) is 0.0428. The van der Waals surface area contributed by atoms with E-state index in [4.69, 9.17) is 44.8 Å². The van der Waals surface area contributed by atoms with Gasteiger partial charge in [-0.1, -0.05) is 65.5 Å². The zero-order valence-corrected chi connectivity index (χ0v) is 16.6. The summed E-state index contributed by atoms with van der Waals surface area (Å²) in [5.74, 6) is 2.87. The van der Waals surface area contributed by atoms with Crippen molar-refractivity contribution < 1.29 is 9.47 Å². The average Bonchev–Trinajstić information content (AvgIpc) is 2.72. The van der Waals surface area contributed by atoms with Crippen molar-refractivity contribution in [1.29, 1.82) is 5.26 Å². The second-order valence-corrected chi connectivity index (χ2v) is 7.25. The lowest BCUT2D eigenvalue weighted by Gasteiger charge is -2.28. The van der Waals surface area contributed by atoms with Crippen LogP contribution in [0.5, 0.6) is 11.5 Å². The zero-order chi connectivity index (χ0) is 20.5. The molecule has 0 bridgehead atoms. The molecule has 4 rings (SSSR count). The van der Waals surface area contributed by atoms with Crippen molar-refractivity contribution in [2.75, 3.05) is 6.61 Å². The predicted molar refractivity (Wildman–Crippen MR) is 114 cm³/mol. The monoisotopic (exact) mass is 420 g/mol. The van der Waals surface area contributed by atoms with E-state index in [0.29, 0.717) is 27.1 Å². The fourth-order valence-electron chi connectivity index (χ4n) is 3.53. The normalized spacial score (nSPS) is 15.2. The van der Waals surface area contributed by atoms with Gasteiger partial charge in [-0.05, 0) is 23.1 Å². The lowest BCUT2D eigenvalue weighted by atomic mass is 9.82. The molecule has 0 saturated heterocycles. The minimum absolute atomic E-state index is 0.0428. The number of nitriles is 1. The van der Waals surface area contributed by atoms with Crippen LogP contribution in [0.2, 0.25) is 10.0 Å². The van der Waals surface area contributed by atoms with Crippen molar-refractivity contribution >= 4 is 34.0 Å². The Morgan fingerprint density at radius 3 is 2.55 bits per heavy atom. The molecular weight excluding hydrogens is 407 g/mol. The van der Waals surface area contributed by atoms with E-state index in [1.807, 2.05) is 36.4 Å². The lowest BCUT2D eigenvalue weighted by molar-refractivity contribution is 0.370. The quantitative estimate of drug-likeness (QED) is 0.577. The standard InChI is InChI=1S/C23H14Cl2N2O2/c1-2-9-28-22-18(24)10-14(11-19(22)25)20-16-8-7-13-5-3-4-6-15(13)21(16)29-23(27)17(20)12-26/h1,3-8,10-11,20H,9,27H2. The van der Waals surface area contributed by atoms with Gasteiger partial charge in [0, 0.05) is 10.9 Å². The van der Waals surface area contributed by atoms with Crippen LogP contribution in [0, 0.1) is 23.7 Å². The molecule has 4 nitrogen and oxygen atoms in total. The van der Waals surface area contributed by atoms with Crippen LogP contribution in [0.15, 0.2) is 60.0 Å². The van der Waals surface area contributed by atoms with Gasteiger partial charge in [-0.3, -0.25) is 0 Å². The maximum Gasteiger partial charge on any atom is 0.205 e. The van der Waals surface area contributed by atoms with E-state index in [1.165, 1.54) is 0 Å². The van der Waals surface area contributed by atoms with Gasteiger partial charge in [0.2, 0.25) is 5.88 Å². The highest BCUT2D eigenvalue weighted by Crippen LogP contribution is 2.47. The van der Waals surface area contributed by atoms with E-state index in [2.05, 4.69) is 12.0 Å². The number of fused-ring (bicyclic) bond motifs is 3. The van der Waals surface area contributed by atoms with Crippen molar-refractivity contribution in [2.24, 2.45) is 5.73 Å². The van der Waals surface area contributed by atoms with Crippen LogP contribution in [0.4, 0.5) is 0 Å². The summed E-state index contributed by atoms with van der Waals surface area (Å²) in [5, 5.41) is 12.3. The number of nitrogens with two attached hydrogens (primary N) is 1. The van der Waals surface area contributed by atoms with Gasteiger partial charge in [0.25, 0.3) is 0 Å². The molecule has 0 fully saturated rings. The molecule has 1 aliphatic heterocycles. The smallest absolute Gasteiger partial charge is 0.205 e. The number of rotatable bonds is 3. The molecule has 1 atom stereocenters. The first-order valence-corrected chi connectivity index (χ1v) is 9.45. The molecule has 3 aromatic rings. The van der Waals surface area contributed by atoms with Crippen LogP contribution < -0.4 is 15.2 Å². The summed E-state index contributed by atoms with van der Waals surface area (Å²) in [7, 11) is 0. The number of ether oxygens (including phenoxy) is 2. The van der Waals surface area contributed by atoms with Crippen LogP contribution >= 0.6 is 23.2 Å². The molecule has 3 aromatic carbocycles. The molecule has 1 heterocycles. The number of nitrogens with zero attached hydrogens (tertiary/aromatic N) is 1. The Bertz CT molecular complexity index is 1230. The van der Waals surface area contributed by atoms with Gasteiger partial charge < -0.3 is 15.2 Å². The molecule has 0 aliphatic carbocycles. The van der Waals surface area contributed by atoms with E-state index >= 15 is 0 Å². The zero-order valence-electron chi connectivity index (χ0n) is 15.1. The van der Waals surface area contributed by atoms with Gasteiger partial charge in [-0.25, -0.2) is 0 Å². The van der Waals surface area contributed by atoms with Crippen molar-refractivity contribution in [3.8, 4) is 29.9 Å². The molecule has 142 valence electrons. The summed E-state index contributed by atoms with van der Waals surface area (Å²) in [4.78, 5) is 0. The maximum atomic E-state index is 9.76. The SMILES string of the molecule is C#CCOc1c(Cl)cc(C2C(C#N)=C(N)Oc3c2ccc2ccccc32)cc1Cl. The molecule has 0 aromatic heterocycles. The van der Waals surface area contributed by atoms with Crippen molar-refractivity contribution in [1.82, 2.24) is 0 Å².